The molecule has 6 nitrogen and oxygen atoms in total. The monoisotopic (exact) mass is 303 g/mol. The molecular formula is C13H21NO5S. The highest BCUT2D eigenvalue weighted by Gasteiger charge is 2.29. The van der Waals surface area contributed by atoms with Gasteiger partial charge in [0.05, 0.1) is 17.1 Å². The minimum atomic E-state index is -3.78. The van der Waals surface area contributed by atoms with Crippen molar-refractivity contribution in [2.24, 2.45) is 0 Å². The van der Waals surface area contributed by atoms with Gasteiger partial charge in [-0.25, -0.2) is 13.1 Å². The molecule has 0 amide bonds. The van der Waals surface area contributed by atoms with Gasteiger partial charge in [-0.2, -0.15) is 0 Å². The highest BCUT2D eigenvalue weighted by Crippen LogP contribution is 2.12. The number of aryl methyl sites for hydroxylation is 1. The molecule has 0 saturated carbocycles. The van der Waals surface area contributed by atoms with Gasteiger partial charge in [-0.15, -0.1) is 0 Å². The van der Waals surface area contributed by atoms with E-state index in [1.807, 2.05) is 6.92 Å². The van der Waals surface area contributed by atoms with Gasteiger partial charge in [-0.05, 0) is 32.9 Å². The SMILES string of the molecule is Cc1ccc(S(=O)(=O)N[C@@H](C)[C@@H](O)[C@H](O)[C@@H](C)O)cc1. The summed E-state index contributed by atoms with van der Waals surface area (Å²) >= 11 is 0. The number of hydrogen-bond acceptors (Lipinski definition) is 5. The fourth-order valence-electron chi connectivity index (χ4n) is 1.68. The molecule has 0 bridgehead atoms. The first-order chi connectivity index (χ1) is 9.15. The summed E-state index contributed by atoms with van der Waals surface area (Å²) in [6, 6.07) is 5.32. The molecule has 0 heterocycles. The molecule has 0 fully saturated rings. The Bertz CT molecular complexity index is 526. The molecule has 114 valence electrons. The first kappa shape index (κ1) is 17.1. The van der Waals surface area contributed by atoms with Crippen LogP contribution in [-0.2, 0) is 10.0 Å². The maximum absolute atomic E-state index is 12.1. The highest BCUT2D eigenvalue weighted by molar-refractivity contribution is 7.89. The van der Waals surface area contributed by atoms with Crippen LogP contribution < -0.4 is 4.72 Å². The van der Waals surface area contributed by atoms with E-state index >= 15 is 0 Å². The minimum absolute atomic E-state index is 0.0775. The van der Waals surface area contributed by atoms with Crippen LogP contribution in [0.3, 0.4) is 0 Å². The van der Waals surface area contributed by atoms with Gasteiger partial charge in [-0.1, -0.05) is 17.7 Å². The van der Waals surface area contributed by atoms with Crippen molar-refractivity contribution >= 4 is 10.0 Å². The first-order valence-corrected chi connectivity index (χ1v) is 7.76. The molecule has 1 aromatic rings. The topological polar surface area (TPSA) is 107 Å². The van der Waals surface area contributed by atoms with E-state index < -0.39 is 34.4 Å². The van der Waals surface area contributed by atoms with Crippen molar-refractivity contribution in [2.45, 2.75) is 50.0 Å². The molecule has 20 heavy (non-hydrogen) atoms. The molecule has 4 atom stereocenters. The summed E-state index contributed by atoms with van der Waals surface area (Å²) in [5.41, 5.74) is 0.932. The van der Waals surface area contributed by atoms with E-state index in [0.717, 1.165) is 5.56 Å². The maximum Gasteiger partial charge on any atom is 0.240 e. The lowest BCUT2D eigenvalue weighted by atomic mass is 10.0. The van der Waals surface area contributed by atoms with Crippen molar-refractivity contribution in [3.8, 4) is 0 Å². The Morgan fingerprint density at radius 1 is 1.00 bits per heavy atom. The van der Waals surface area contributed by atoms with Crippen LogP contribution in [0.2, 0.25) is 0 Å². The summed E-state index contributed by atoms with van der Waals surface area (Å²) in [4.78, 5) is 0.0775. The summed E-state index contributed by atoms with van der Waals surface area (Å²) in [6.45, 7) is 4.58. The van der Waals surface area contributed by atoms with Gasteiger partial charge in [0.15, 0.2) is 0 Å². The number of aliphatic hydroxyl groups excluding tert-OH is 3. The Balaban J connectivity index is 2.83. The van der Waals surface area contributed by atoms with Crippen molar-refractivity contribution in [3.05, 3.63) is 29.8 Å². The van der Waals surface area contributed by atoms with Crippen LogP contribution >= 0.6 is 0 Å². The molecular weight excluding hydrogens is 282 g/mol. The predicted molar refractivity (Wildman–Crippen MR) is 74.7 cm³/mol. The van der Waals surface area contributed by atoms with E-state index in [-0.39, 0.29) is 4.90 Å². The third kappa shape index (κ3) is 4.26. The number of hydrogen-bond donors (Lipinski definition) is 4. The summed E-state index contributed by atoms with van der Waals surface area (Å²) < 4.78 is 26.4. The minimum Gasteiger partial charge on any atom is -0.391 e. The molecule has 0 spiro atoms. The van der Waals surface area contributed by atoms with E-state index in [2.05, 4.69) is 4.72 Å². The van der Waals surface area contributed by atoms with E-state index in [1.54, 1.807) is 12.1 Å². The third-order valence-corrected chi connectivity index (χ3v) is 4.60. The Hall–Kier alpha value is -0.990. The van der Waals surface area contributed by atoms with Gasteiger partial charge in [-0.3, -0.25) is 0 Å². The standard InChI is InChI=1S/C13H21NO5S/c1-8-4-6-11(7-5-8)20(18,19)14-9(2)12(16)13(17)10(3)15/h4-7,9-10,12-17H,1-3H3/t9-,10+,12+,13+/m0/s1. The van der Waals surface area contributed by atoms with E-state index in [0.29, 0.717) is 0 Å². The van der Waals surface area contributed by atoms with E-state index in [9.17, 15) is 23.7 Å². The van der Waals surface area contributed by atoms with Crippen LogP contribution in [0.4, 0.5) is 0 Å². The van der Waals surface area contributed by atoms with Crippen molar-refractivity contribution in [1.29, 1.82) is 0 Å². The Labute approximate surface area is 119 Å². The molecule has 0 unspecified atom stereocenters. The zero-order chi connectivity index (χ0) is 15.5. The Morgan fingerprint density at radius 2 is 1.50 bits per heavy atom. The lowest BCUT2D eigenvalue weighted by Crippen LogP contribution is -2.49. The van der Waals surface area contributed by atoms with Crippen LogP contribution in [0.15, 0.2) is 29.2 Å². The molecule has 0 aliphatic carbocycles. The molecule has 0 aromatic heterocycles. The number of aliphatic hydroxyl groups is 3. The Kier molecular flexibility index (Phi) is 5.67. The molecule has 4 N–H and O–H groups in total. The average Bonchev–Trinajstić information content (AvgIpc) is 2.36. The van der Waals surface area contributed by atoms with Crippen LogP contribution in [0.1, 0.15) is 19.4 Å². The zero-order valence-corrected chi connectivity index (χ0v) is 12.5. The normalized spacial score (nSPS) is 18.3. The van der Waals surface area contributed by atoms with Crippen molar-refractivity contribution in [2.75, 3.05) is 0 Å². The lowest BCUT2D eigenvalue weighted by Gasteiger charge is -2.26. The second kappa shape index (κ2) is 6.64. The van der Waals surface area contributed by atoms with Crippen molar-refractivity contribution in [3.63, 3.8) is 0 Å². The van der Waals surface area contributed by atoms with Crippen LogP contribution in [0, 0.1) is 6.92 Å². The van der Waals surface area contributed by atoms with Gasteiger partial charge in [0.1, 0.15) is 6.10 Å². The average molecular weight is 303 g/mol. The largest absolute Gasteiger partial charge is 0.391 e. The molecule has 7 heteroatoms. The summed E-state index contributed by atoms with van der Waals surface area (Å²) in [7, 11) is -3.78. The first-order valence-electron chi connectivity index (χ1n) is 6.28. The maximum atomic E-state index is 12.1. The lowest BCUT2D eigenvalue weighted by molar-refractivity contribution is -0.0605. The van der Waals surface area contributed by atoms with Crippen LogP contribution in [0.5, 0.6) is 0 Å². The fourth-order valence-corrected chi connectivity index (χ4v) is 2.94. The molecule has 0 saturated heterocycles. The highest BCUT2D eigenvalue weighted by atomic mass is 32.2. The van der Waals surface area contributed by atoms with Crippen molar-refractivity contribution < 1.29 is 23.7 Å². The number of sulfonamides is 1. The smallest absolute Gasteiger partial charge is 0.240 e. The number of nitrogens with one attached hydrogen (secondary N) is 1. The zero-order valence-electron chi connectivity index (χ0n) is 11.7. The molecule has 0 aliphatic rings. The summed E-state index contributed by atoms with van der Waals surface area (Å²) in [5, 5.41) is 28.5. The Morgan fingerprint density at radius 3 is 1.95 bits per heavy atom. The van der Waals surface area contributed by atoms with Gasteiger partial charge in [0, 0.05) is 6.04 Å². The second-order valence-corrected chi connectivity index (χ2v) is 6.66. The summed E-state index contributed by atoms with van der Waals surface area (Å²) in [6.07, 6.45) is -3.99. The van der Waals surface area contributed by atoms with Crippen molar-refractivity contribution in [1.82, 2.24) is 4.72 Å². The van der Waals surface area contributed by atoms with Crippen LogP contribution in [0.25, 0.3) is 0 Å². The fraction of sp³-hybridized carbons (Fsp3) is 0.538. The summed E-state index contributed by atoms with van der Waals surface area (Å²) in [5.74, 6) is 0. The predicted octanol–water partition coefficient (Wildman–Crippen LogP) is -0.236. The quantitative estimate of drug-likeness (QED) is 0.580. The number of rotatable bonds is 6. The van der Waals surface area contributed by atoms with E-state index in [1.165, 1.54) is 26.0 Å². The molecule has 1 aromatic carbocycles. The van der Waals surface area contributed by atoms with Gasteiger partial charge < -0.3 is 15.3 Å². The molecule has 1 rings (SSSR count). The van der Waals surface area contributed by atoms with Gasteiger partial charge >= 0.3 is 0 Å². The number of benzene rings is 1. The van der Waals surface area contributed by atoms with Gasteiger partial charge in [0.2, 0.25) is 10.0 Å². The molecule has 0 aliphatic heterocycles. The molecule has 0 radical (unpaired) electrons. The van der Waals surface area contributed by atoms with E-state index in [4.69, 9.17) is 0 Å². The van der Waals surface area contributed by atoms with Crippen LogP contribution in [-0.4, -0.2) is 48.1 Å². The van der Waals surface area contributed by atoms with Gasteiger partial charge in [0.25, 0.3) is 0 Å². The third-order valence-electron chi connectivity index (χ3n) is 3.03. The second-order valence-electron chi connectivity index (χ2n) is 4.94.